The molecule has 0 bridgehead atoms. The van der Waals surface area contributed by atoms with Crippen LogP contribution in [0.2, 0.25) is 5.02 Å². The molecule has 0 aliphatic rings. The highest BCUT2D eigenvalue weighted by molar-refractivity contribution is 7.12. The number of rotatable bonds is 5. The van der Waals surface area contributed by atoms with E-state index in [2.05, 4.69) is 5.10 Å². The van der Waals surface area contributed by atoms with Gasteiger partial charge in [0.25, 0.3) is 0 Å². The smallest absolute Gasteiger partial charge is 0.213 e. The predicted molar refractivity (Wildman–Crippen MR) is 104 cm³/mol. The minimum absolute atomic E-state index is 0.107. The second-order valence-electron chi connectivity index (χ2n) is 5.81. The Hall–Kier alpha value is -2.68. The maximum absolute atomic E-state index is 12.5. The summed E-state index contributed by atoms with van der Waals surface area (Å²) in [5.74, 6) is -0.264. The van der Waals surface area contributed by atoms with Crippen molar-refractivity contribution in [2.24, 2.45) is 0 Å². The number of nitrogens with zero attached hydrogens (tertiary/aromatic N) is 3. The van der Waals surface area contributed by atoms with Crippen LogP contribution in [0.3, 0.4) is 0 Å². The molecule has 2 aromatic heterocycles. The van der Waals surface area contributed by atoms with Gasteiger partial charge in [-0.15, -0.1) is 11.3 Å². The van der Waals surface area contributed by atoms with Gasteiger partial charge in [0.2, 0.25) is 5.78 Å². The molecule has 0 atom stereocenters. The molecule has 6 heteroatoms. The summed E-state index contributed by atoms with van der Waals surface area (Å²) < 4.78 is 1.84. The molecule has 130 valence electrons. The molecule has 3 aromatic rings. The van der Waals surface area contributed by atoms with E-state index in [1.165, 1.54) is 11.3 Å². The van der Waals surface area contributed by atoms with Crippen molar-refractivity contribution in [3.05, 3.63) is 79.8 Å². The molecule has 2 heterocycles. The minimum atomic E-state index is -0.264. The molecule has 26 heavy (non-hydrogen) atoms. The highest BCUT2D eigenvalue weighted by Gasteiger charge is 2.17. The topological polar surface area (TPSA) is 58.7 Å². The number of aromatic nitrogens is 2. The van der Waals surface area contributed by atoms with Gasteiger partial charge in [0.1, 0.15) is 11.6 Å². The summed E-state index contributed by atoms with van der Waals surface area (Å²) in [6, 6.07) is 13.2. The number of hydrogen-bond acceptors (Lipinski definition) is 4. The summed E-state index contributed by atoms with van der Waals surface area (Å²) in [6.45, 7) is 4.32. The van der Waals surface area contributed by atoms with E-state index in [4.69, 9.17) is 11.6 Å². The number of benzene rings is 1. The van der Waals surface area contributed by atoms with Crippen LogP contribution in [-0.2, 0) is 6.54 Å². The summed E-state index contributed by atoms with van der Waals surface area (Å²) in [5.41, 5.74) is 3.51. The van der Waals surface area contributed by atoms with Gasteiger partial charge in [-0.1, -0.05) is 35.9 Å². The molecular formula is C20H16ClN3OS. The quantitative estimate of drug-likeness (QED) is 0.353. The van der Waals surface area contributed by atoms with Crippen molar-refractivity contribution in [2.75, 3.05) is 0 Å². The van der Waals surface area contributed by atoms with E-state index in [1.807, 2.05) is 54.2 Å². The lowest BCUT2D eigenvalue weighted by Gasteiger charge is -2.06. The average molecular weight is 382 g/mol. The van der Waals surface area contributed by atoms with E-state index in [-0.39, 0.29) is 11.4 Å². The summed E-state index contributed by atoms with van der Waals surface area (Å²) >= 11 is 7.56. The van der Waals surface area contributed by atoms with Gasteiger partial charge < -0.3 is 0 Å². The third-order valence-electron chi connectivity index (χ3n) is 4.11. The van der Waals surface area contributed by atoms with Crippen LogP contribution in [0.15, 0.2) is 47.4 Å². The number of thiophene rings is 1. The van der Waals surface area contributed by atoms with Crippen LogP contribution in [0, 0.1) is 25.2 Å². The summed E-state index contributed by atoms with van der Waals surface area (Å²) in [4.78, 5) is 13.0. The van der Waals surface area contributed by atoms with E-state index in [0.717, 1.165) is 22.5 Å². The first kappa shape index (κ1) is 18.1. The van der Waals surface area contributed by atoms with Gasteiger partial charge in [0.05, 0.1) is 17.1 Å². The van der Waals surface area contributed by atoms with Crippen molar-refractivity contribution in [1.29, 1.82) is 5.26 Å². The largest absolute Gasteiger partial charge is 0.287 e. The number of nitriles is 1. The Balaban J connectivity index is 1.96. The zero-order valence-corrected chi connectivity index (χ0v) is 15.9. The molecule has 0 fully saturated rings. The molecule has 0 spiro atoms. The number of aryl methyl sites for hydroxylation is 1. The zero-order valence-electron chi connectivity index (χ0n) is 14.4. The van der Waals surface area contributed by atoms with E-state index in [1.54, 1.807) is 18.2 Å². The monoisotopic (exact) mass is 381 g/mol. The maximum atomic E-state index is 12.5. The zero-order chi connectivity index (χ0) is 18.7. The fourth-order valence-electron chi connectivity index (χ4n) is 2.70. The molecule has 3 rings (SSSR count). The van der Waals surface area contributed by atoms with Crippen LogP contribution in [0.1, 0.15) is 32.2 Å². The molecular weight excluding hydrogens is 366 g/mol. The molecule has 0 saturated carbocycles. The van der Waals surface area contributed by atoms with Gasteiger partial charge in [0.15, 0.2) is 0 Å². The highest BCUT2D eigenvalue weighted by Crippen LogP contribution is 2.23. The summed E-state index contributed by atoms with van der Waals surface area (Å²) in [6.07, 6.45) is 1.63. The first-order valence-corrected chi connectivity index (χ1v) is 9.24. The molecule has 0 amide bonds. The van der Waals surface area contributed by atoms with Crippen LogP contribution >= 0.6 is 22.9 Å². The van der Waals surface area contributed by atoms with Crippen molar-refractivity contribution < 1.29 is 4.79 Å². The number of carbonyl (C=O) groups is 1. The van der Waals surface area contributed by atoms with Crippen molar-refractivity contribution in [1.82, 2.24) is 9.78 Å². The van der Waals surface area contributed by atoms with E-state index in [9.17, 15) is 10.1 Å². The van der Waals surface area contributed by atoms with E-state index >= 15 is 0 Å². The van der Waals surface area contributed by atoms with Gasteiger partial charge in [-0.25, -0.2) is 0 Å². The lowest BCUT2D eigenvalue weighted by molar-refractivity contribution is 0.104. The number of halogens is 1. The average Bonchev–Trinajstić information content (AvgIpc) is 3.25. The Bertz CT molecular complexity index is 1030. The Morgan fingerprint density at radius 1 is 1.31 bits per heavy atom. The van der Waals surface area contributed by atoms with Crippen LogP contribution in [0.5, 0.6) is 0 Å². The standard InChI is InChI=1S/C20H16ClN3OS/c1-13-17(10-16(11-22)20(25)19-8-5-9-26-19)14(2)24(23-13)12-15-6-3-4-7-18(15)21/h3-10H,12H2,1-2H3/b16-10+. The molecule has 0 N–H and O–H groups in total. The molecule has 0 unspecified atom stereocenters. The Kier molecular flexibility index (Phi) is 5.36. The van der Waals surface area contributed by atoms with Crippen molar-refractivity contribution in [3.8, 4) is 6.07 Å². The summed E-state index contributed by atoms with van der Waals surface area (Å²) in [7, 11) is 0. The number of Topliss-reactive ketones (excluding diaryl/α,β-unsaturated/α-hetero) is 1. The lowest BCUT2D eigenvalue weighted by Crippen LogP contribution is -2.04. The fourth-order valence-corrected chi connectivity index (χ4v) is 3.57. The predicted octanol–water partition coefficient (Wildman–Crippen LogP) is 5.05. The fraction of sp³-hybridized carbons (Fsp3) is 0.150. The Morgan fingerprint density at radius 3 is 2.73 bits per heavy atom. The maximum Gasteiger partial charge on any atom is 0.213 e. The Morgan fingerprint density at radius 2 is 2.08 bits per heavy atom. The first-order valence-electron chi connectivity index (χ1n) is 7.98. The molecule has 4 nitrogen and oxygen atoms in total. The number of hydrogen-bond donors (Lipinski definition) is 0. The molecule has 0 aliphatic heterocycles. The van der Waals surface area contributed by atoms with E-state index in [0.29, 0.717) is 16.4 Å². The number of ketones is 1. The first-order chi connectivity index (χ1) is 12.5. The molecule has 1 aromatic carbocycles. The van der Waals surface area contributed by atoms with Crippen molar-refractivity contribution in [3.63, 3.8) is 0 Å². The van der Waals surface area contributed by atoms with Crippen LogP contribution in [0.25, 0.3) is 6.08 Å². The Labute approximate surface area is 161 Å². The SMILES string of the molecule is Cc1nn(Cc2ccccc2Cl)c(C)c1/C=C(\C#N)C(=O)c1cccs1. The molecule has 0 aliphatic carbocycles. The van der Waals surface area contributed by atoms with Gasteiger partial charge in [0, 0.05) is 16.3 Å². The highest BCUT2D eigenvalue weighted by atomic mass is 35.5. The van der Waals surface area contributed by atoms with Crippen LogP contribution < -0.4 is 0 Å². The van der Waals surface area contributed by atoms with Gasteiger partial charge >= 0.3 is 0 Å². The normalized spacial score (nSPS) is 11.4. The molecule has 0 saturated heterocycles. The summed E-state index contributed by atoms with van der Waals surface area (Å²) in [5, 5.41) is 16.5. The minimum Gasteiger partial charge on any atom is -0.287 e. The van der Waals surface area contributed by atoms with Crippen molar-refractivity contribution in [2.45, 2.75) is 20.4 Å². The number of allylic oxidation sites excluding steroid dienone is 1. The second kappa shape index (κ2) is 7.69. The van der Waals surface area contributed by atoms with Crippen molar-refractivity contribution >= 4 is 34.8 Å². The van der Waals surface area contributed by atoms with Gasteiger partial charge in [-0.05, 0) is 43.0 Å². The number of carbonyl (C=O) groups excluding carboxylic acids is 1. The third kappa shape index (κ3) is 3.62. The molecule has 0 radical (unpaired) electrons. The van der Waals surface area contributed by atoms with Gasteiger partial charge in [-0.2, -0.15) is 10.4 Å². The van der Waals surface area contributed by atoms with Crippen LogP contribution in [-0.4, -0.2) is 15.6 Å². The second-order valence-corrected chi connectivity index (χ2v) is 7.16. The van der Waals surface area contributed by atoms with Gasteiger partial charge in [-0.3, -0.25) is 9.48 Å². The van der Waals surface area contributed by atoms with Crippen LogP contribution in [0.4, 0.5) is 0 Å². The van der Waals surface area contributed by atoms with E-state index < -0.39 is 0 Å². The lowest BCUT2D eigenvalue weighted by atomic mass is 10.1. The third-order valence-corrected chi connectivity index (χ3v) is 5.35.